The van der Waals surface area contributed by atoms with Gasteiger partial charge in [0.2, 0.25) is 0 Å². The third kappa shape index (κ3) is 5.14. The van der Waals surface area contributed by atoms with E-state index >= 15 is 0 Å². The van der Waals surface area contributed by atoms with Gasteiger partial charge in [0.05, 0.1) is 6.61 Å². The van der Waals surface area contributed by atoms with Gasteiger partial charge in [-0.3, -0.25) is 0 Å². The van der Waals surface area contributed by atoms with Gasteiger partial charge in [-0.15, -0.1) is 0 Å². The van der Waals surface area contributed by atoms with Crippen molar-refractivity contribution in [3.63, 3.8) is 0 Å². The SMILES string of the molecule is CCCNC(c1ccccc1OCC)C(C)CCOC. The molecule has 0 amide bonds. The van der Waals surface area contributed by atoms with Crippen molar-refractivity contribution < 1.29 is 9.47 Å². The molecule has 0 bridgehead atoms. The highest BCUT2D eigenvalue weighted by Gasteiger charge is 2.21. The second-order valence-corrected chi connectivity index (χ2v) is 5.16. The Morgan fingerprint density at radius 2 is 1.95 bits per heavy atom. The molecule has 3 nitrogen and oxygen atoms in total. The summed E-state index contributed by atoms with van der Waals surface area (Å²) in [6.07, 6.45) is 2.17. The van der Waals surface area contributed by atoms with Crippen LogP contribution in [-0.2, 0) is 4.74 Å². The van der Waals surface area contributed by atoms with Crippen LogP contribution in [0.3, 0.4) is 0 Å². The Morgan fingerprint density at radius 1 is 1.20 bits per heavy atom. The highest BCUT2D eigenvalue weighted by molar-refractivity contribution is 5.36. The lowest BCUT2D eigenvalue weighted by molar-refractivity contribution is 0.169. The van der Waals surface area contributed by atoms with Crippen molar-refractivity contribution in [3.05, 3.63) is 29.8 Å². The lowest BCUT2D eigenvalue weighted by Crippen LogP contribution is -2.29. The van der Waals surface area contributed by atoms with Crippen molar-refractivity contribution in [1.82, 2.24) is 5.32 Å². The maximum Gasteiger partial charge on any atom is 0.124 e. The molecule has 1 aromatic carbocycles. The molecule has 0 heterocycles. The van der Waals surface area contributed by atoms with Gasteiger partial charge in [0, 0.05) is 25.3 Å². The Labute approximate surface area is 123 Å². The van der Waals surface area contributed by atoms with Crippen LogP contribution in [0.1, 0.15) is 45.2 Å². The van der Waals surface area contributed by atoms with E-state index in [1.807, 2.05) is 13.0 Å². The van der Waals surface area contributed by atoms with Crippen LogP contribution in [0.5, 0.6) is 5.75 Å². The summed E-state index contributed by atoms with van der Waals surface area (Å²) in [6.45, 7) is 9.00. The fraction of sp³-hybridized carbons (Fsp3) is 0.647. The van der Waals surface area contributed by atoms with Crippen LogP contribution < -0.4 is 10.1 Å². The molecular formula is C17H29NO2. The van der Waals surface area contributed by atoms with Gasteiger partial charge in [0.15, 0.2) is 0 Å². The molecule has 0 fully saturated rings. The number of methoxy groups -OCH3 is 1. The second-order valence-electron chi connectivity index (χ2n) is 5.16. The number of nitrogens with one attached hydrogen (secondary N) is 1. The van der Waals surface area contributed by atoms with Crippen LogP contribution in [0.4, 0.5) is 0 Å². The first-order chi connectivity index (χ1) is 9.74. The van der Waals surface area contributed by atoms with Crippen molar-refractivity contribution >= 4 is 0 Å². The van der Waals surface area contributed by atoms with Crippen molar-refractivity contribution in [2.45, 2.75) is 39.7 Å². The summed E-state index contributed by atoms with van der Waals surface area (Å²) >= 11 is 0. The third-order valence-electron chi connectivity index (χ3n) is 3.51. The molecule has 0 saturated carbocycles. The smallest absolute Gasteiger partial charge is 0.124 e. The van der Waals surface area contributed by atoms with Crippen molar-refractivity contribution in [3.8, 4) is 5.75 Å². The molecule has 0 aliphatic carbocycles. The number of para-hydroxylation sites is 1. The molecule has 0 radical (unpaired) electrons. The van der Waals surface area contributed by atoms with Crippen molar-refractivity contribution in [1.29, 1.82) is 0 Å². The van der Waals surface area contributed by atoms with E-state index in [0.29, 0.717) is 18.6 Å². The molecule has 2 unspecified atom stereocenters. The molecule has 3 heteroatoms. The highest BCUT2D eigenvalue weighted by Crippen LogP contribution is 2.31. The Morgan fingerprint density at radius 3 is 2.60 bits per heavy atom. The zero-order chi connectivity index (χ0) is 14.8. The summed E-state index contributed by atoms with van der Waals surface area (Å²) in [5.74, 6) is 1.50. The summed E-state index contributed by atoms with van der Waals surface area (Å²) in [6, 6.07) is 8.66. The zero-order valence-electron chi connectivity index (χ0n) is 13.3. The largest absolute Gasteiger partial charge is 0.494 e. The quantitative estimate of drug-likeness (QED) is 0.706. The topological polar surface area (TPSA) is 30.5 Å². The third-order valence-corrected chi connectivity index (χ3v) is 3.51. The Hall–Kier alpha value is -1.06. The molecule has 1 aromatic rings. The maximum absolute atomic E-state index is 5.78. The minimum atomic E-state index is 0.313. The summed E-state index contributed by atoms with van der Waals surface area (Å²) in [7, 11) is 1.76. The van der Waals surface area contributed by atoms with Crippen LogP contribution in [0.15, 0.2) is 24.3 Å². The first kappa shape index (κ1) is 17.0. The summed E-state index contributed by atoms with van der Waals surface area (Å²) in [5.41, 5.74) is 1.26. The molecule has 0 aliphatic heterocycles. The Kier molecular flexibility index (Phi) is 8.31. The Bertz CT molecular complexity index is 368. The number of hydrogen-bond donors (Lipinski definition) is 1. The van der Waals surface area contributed by atoms with E-state index in [1.54, 1.807) is 7.11 Å². The van der Waals surface area contributed by atoms with Crippen LogP contribution in [0, 0.1) is 5.92 Å². The summed E-state index contributed by atoms with van der Waals surface area (Å²) in [4.78, 5) is 0. The molecule has 114 valence electrons. The van der Waals surface area contributed by atoms with E-state index in [1.165, 1.54) is 5.56 Å². The van der Waals surface area contributed by atoms with E-state index in [2.05, 4.69) is 37.4 Å². The minimum Gasteiger partial charge on any atom is -0.494 e. The van der Waals surface area contributed by atoms with E-state index in [0.717, 1.165) is 31.7 Å². The van der Waals surface area contributed by atoms with Gasteiger partial charge in [-0.25, -0.2) is 0 Å². The van der Waals surface area contributed by atoms with Gasteiger partial charge in [-0.2, -0.15) is 0 Å². The standard InChI is InChI=1S/C17H29NO2/c1-5-12-18-17(14(3)11-13-19-4)15-9-7-8-10-16(15)20-6-2/h7-10,14,17-18H,5-6,11-13H2,1-4H3. The molecule has 20 heavy (non-hydrogen) atoms. The van der Waals surface area contributed by atoms with Gasteiger partial charge in [-0.1, -0.05) is 32.0 Å². The molecule has 0 aromatic heterocycles. The first-order valence-corrected chi connectivity index (χ1v) is 7.68. The number of hydrogen-bond acceptors (Lipinski definition) is 3. The van der Waals surface area contributed by atoms with Crippen LogP contribution in [0.2, 0.25) is 0 Å². The zero-order valence-corrected chi connectivity index (χ0v) is 13.3. The number of benzene rings is 1. The highest BCUT2D eigenvalue weighted by atomic mass is 16.5. The summed E-state index contributed by atoms with van der Waals surface area (Å²) in [5, 5.41) is 3.66. The van der Waals surface area contributed by atoms with E-state index < -0.39 is 0 Å². The second kappa shape index (κ2) is 9.78. The molecule has 1 N–H and O–H groups in total. The molecular weight excluding hydrogens is 250 g/mol. The van der Waals surface area contributed by atoms with Crippen LogP contribution >= 0.6 is 0 Å². The molecule has 2 atom stereocenters. The lowest BCUT2D eigenvalue weighted by Gasteiger charge is -2.27. The fourth-order valence-electron chi connectivity index (χ4n) is 2.41. The van der Waals surface area contributed by atoms with Crippen molar-refractivity contribution in [2.75, 3.05) is 26.9 Å². The monoisotopic (exact) mass is 279 g/mol. The number of ether oxygens (including phenoxy) is 2. The minimum absolute atomic E-state index is 0.313. The van der Waals surface area contributed by atoms with Gasteiger partial charge >= 0.3 is 0 Å². The van der Waals surface area contributed by atoms with Gasteiger partial charge < -0.3 is 14.8 Å². The number of rotatable bonds is 10. The van der Waals surface area contributed by atoms with Gasteiger partial charge in [-0.05, 0) is 38.3 Å². The molecule has 0 aliphatic rings. The van der Waals surface area contributed by atoms with Crippen molar-refractivity contribution in [2.24, 2.45) is 5.92 Å². The average Bonchev–Trinajstić information content (AvgIpc) is 2.47. The summed E-state index contributed by atoms with van der Waals surface area (Å²) < 4.78 is 11.0. The van der Waals surface area contributed by atoms with E-state index in [9.17, 15) is 0 Å². The predicted molar refractivity (Wildman–Crippen MR) is 84.3 cm³/mol. The molecule has 1 rings (SSSR count). The van der Waals surface area contributed by atoms with Gasteiger partial charge in [0.25, 0.3) is 0 Å². The predicted octanol–water partition coefficient (Wildman–Crippen LogP) is 3.80. The molecule has 0 spiro atoms. The van der Waals surface area contributed by atoms with E-state index in [4.69, 9.17) is 9.47 Å². The first-order valence-electron chi connectivity index (χ1n) is 7.68. The van der Waals surface area contributed by atoms with E-state index in [-0.39, 0.29) is 0 Å². The Balaban J connectivity index is 2.90. The normalized spacial score (nSPS) is 14.0. The average molecular weight is 279 g/mol. The van der Waals surface area contributed by atoms with Crippen LogP contribution in [-0.4, -0.2) is 26.9 Å². The molecule has 0 saturated heterocycles. The lowest BCUT2D eigenvalue weighted by atomic mass is 9.91. The van der Waals surface area contributed by atoms with Gasteiger partial charge in [0.1, 0.15) is 5.75 Å². The fourth-order valence-corrected chi connectivity index (χ4v) is 2.41. The van der Waals surface area contributed by atoms with Crippen LogP contribution in [0.25, 0.3) is 0 Å². The maximum atomic E-state index is 5.78.